The first-order chi connectivity index (χ1) is 10.2. The van der Waals surface area contributed by atoms with Crippen molar-refractivity contribution in [1.29, 1.82) is 0 Å². The number of aromatic hydroxyl groups is 1. The Kier molecular flexibility index (Phi) is 3.97. The second-order valence-electron chi connectivity index (χ2n) is 5.18. The molecule has 1 aliphatic heterocycles. The van der Waals surface area contributed by atoms with Gasteiger partial charge in [-0.05, 0) is 42.3 Å². The fourth-order valence-electron chi connectivity index (χ4n) is 2.38. The number of rotatable bonds is 4. The molecule has 2 aromatic rings. The van der Waals surface area contributed by atoms with Crippen LogP contribution in [0.2, 0.25) is 0 Å². The molecule has 2 N–H and O–H groups in total. The van der Waals surface area contributed by atoms with E-state index in [4.69, 9.17) is 9.47 Å². The molecule has 0 aliphatic carbocycles. The van der Waals surface area contributed by atoms with Gasteiger partial charge in [0.15, 0.2) is 11.5 Å². The Hall–Kier alpha value is -2.20. The van der Waals surface area contributed by atoms with Gasteiger partial charge in [0.05, 0.1) is 0 Å². The molecule has 4 heteroatoms. The first kappa shape index (κ1) is 13.8. The van der Waals surface area contributed by atoms with Crippen LogP contribution in [-0.4, -0.2) is 18.3 Å². The Balaban J connectivity index is 1.66. The van der Waals surface area contributed by atoms with Crippen LogP contribution in [0.25, 0.3) is 0 Å². The zero-order valence-electron chi connectivity index (χ0n) is 12.0. The standard InChI is InChI=1S/C17H19NO3/c1-12(18-11-13-3-2-4-15(19)9-13)14-5-6-16-17(10-14)21-8-7-20-16/h2-6,9-10,12,18-19H,7-8,11H2,1H3. The summed E-state index contributed by atoms with van der Waals surface area (Å²) in [6.07, 6.45) is 0. The molecule has 3 rings (SSSR count). The molecule has 0 aromatic heterocycles. The van der Waals surface area contributed by atoms with Crippen LogP contribution in [-0.2, 0) is 6.54 Å². The van der Waals surface area contributed by atoms with Crippen LogP contribution in [0.1, 0.15) is 24.1 Å². The van der Waals surface area contributed by atoms with Gasteiger partial charge in [-0.3, -0.25) is 0 Å². The highest BCUT2D eigenvalue weighted by atomic mass is 16.6. The Bertz CT molecular complexity index is 627. The van der Waals surface area contributed by atoms with Gasteiger partial charge in [0.25, 0.3) is 0 Å². The molecule has 4 nitrogen and oxygen atoms in total. The van der Waals surface area contributed by atoms with Crippen LogP contribution in [0.4, 0.5) is 0 Å². The van der Waals surface area contributed by atoms with Crippen LogP contribution < -0.4 is 14.8 Å². The van der Waals surface area contributed by atoms with E-state index in [9.17, 15) is 5.11 Å². The molecule has 0 saturated carbocycles. The molecule has 0 spiro atoms. The van der Waals surface area contributed by atoms with E-state index in [1.807, 2.05) is 30.3 Å². The molecule has 1 atom stereocenters. The molecule has 0 bridgehead atoms. The van der Waals surface area contributed by atoms with Gasteiger partial charge < -0.3 is 19.9 Å². The van der Waals surface area contributed by atoms with Gasteiger partial charge in [-0.2, -0.15) is 0 Å². The Morgan fingerprint density at radius 3 is 2.71 bits per heavy atom. The Morgan fingerprint density at radius 2 is 1.90 bits per heavy atom. The number of hydrogen-bond acceptors (Lipinski definition) is 4. The highest BCUT2D eigenvalue weighted by molar-refractivity contribution is 5.44. The average molecular weight is 285 g/mol. The minimum Gasteiger partial charge on any atom is -0.508 e. The van der Waals surface area contributed by atoms with Crippen molar-refractivity contribution in [2.24, 2.45) is 0 Å². The molecule has 0 radical (unpaired) electrons. The van der Waals surface area contributed by atoms with Crippen molar-refractivity contribution in [2.45, 2.75) is 19.5 Å². The first-order valence-corrected chi connectivity index (χ1v) is 7.13. The number of nitrogens with one attached hydrogen (secondary N) is 1. The predicted octanol–water partition coefficient (Wildman–Crippen LogP) is 3.01. The van der Waals surface area contributed by atoms with Gasteiger partial charge >= 0.3 is 0 Å². The summed E-state index contributed by atoms with van der Waals surface area (Å²) >= 11 is 0. The quantitative estimate of drug-likeness (QED) is 0.906. The smallest absolute Gasteiger partial charge is 0.161 e. The molecule has 0 saturated heterocycles. The third-order valence-corrected chi connectivity index (χ3v) is 3.59. The maximum Gasteiger partial charge on any atom is 0.161 e. The summed E-state index contributed by atoms with van der Waals surface area (Å²) < 4.78 is 11.1. The highest BCUT2D eigenvalue weighted by Crippen LogP contribution is 2.32. The fraction of sp³-hybridized carbons (Fsp3) is 0.294. The van der Waals surface area contributed by atoms with E-state index in [0.29, 0.717) is 25.5 Å². The van der Waals surface area contributed by atoms with Gasteiger partial charge in [0, 0.05) is 12.6 Å². The van der Waals surface area contributed by atoms with Crippen LogP contribution in [0.3, 0.4) is 0 Å². The molecule has 1 unspecified atom stereocenters. The lowest BCUT2D eigenvalue weighted by Crippen LogP contribution is -2.19. The maximum atomic E-state index is 9.47. The van der Waals surface area contributed by atoms with Crippen molar-refractivity contribution in [3.63, 3.8) is 0 Å². The summed E-state index contributed by atoms with van der Waals surface area (Å²) in [4.78, 5) is 0. The molecule has 2 aromatic carbocycles. The Morgan fingerprint density at radius 1 is 1.10 bits per heavy atom. The first-order valence-electron chi connectivity index (χ1n) is 7.13. The van der Waals surface area contributed by atoms with Crippen molar-refractivity contribution in [3.8, 4) is 17.2 Å². The number of phenols is 1. The summed E-state index contributed by atoms with van der Waals surface area (Å²) in [7, 11) is 0. The number of benzene rings is 2. The lowest BCUT2D eigenvalue weighted by atomic mass is 10.1. The average Bonchev–Trinajstić information content (AvgIpc) is 2.52. The number of fused-ring (bicyclic) bond motifs is 1. The predicted molar refractivity (Wildman–Crippen MR) is 80.8 cm³/mol. The Labute approximate surface area is 124 Å². The number of phenolic OH excluding ortho intramolecular Hbond substituents is 1. The second kappa shape index (κ2) is 6.06. The van der Waals surface area contributed by atoms with E-state index < -0.39 is 0 Å². The number of hydrogen-bond donors (Lipinski definition) is 2. The lowest BCUT2D eigenvalue weighted by Gasteiger charge is -2.21. The van der Waals surface area contributed by atoms with Crippen molar-refractivity contribution >= 4 is 0 Å². The molecule has 0 amide bonds. The molecule has 110 valence electrons. The summed E-state index contributed by atoms with van der Waals surface area (Å²) in [5.41, 5.74) is 2.21. The van der Waals surface area contributed by atoms with Crippen molar-refractivity contribution in [2.75, 3.05) is 13.2 Å². The SMILES string of the molecule is CC(NCc1cccc(O)c1)c1ccc2c(c1)OCCO2. The fourth-order valence-corrected chi connectivity index (χ4v) is 2.38. The minimum absolute atomic E-state index is 0.183. The maximum absolute atomic E-state index is 9.47. The van der Waals surface area contributed by atoms with E-state index in [1.54, 1.807) is 12.1 Å². The van der Waals surface area contributed by atoms with E-state index in [2.05, 4.69) is 12.2 Å². The number of ether oxygens (including phenoxy) is 2. The molecular formula is C17H19NO3. The van der Waals surface area contributed by atoms with E-state index in [0.717, 1.165) is 22.6 Å². The van der Waals surface area contributed by atoms with Crippen LogP contribution in [0.5, 0.6) is 17.2 Å². The van der Waals surface area contributed by atoms with Crippen LogP contribution in [0, 0.1) is 0 Å². The molecule has 1 heterocycles. The lowest BCUT2D eigenvalue weighted by molar-refractivity contribution is 0.171. The topological polar surface area (TPSA) is 50.7 Å². The van der Waals surface area contributed by atoms with Gasteiger partial charge in [-0.25, -0.2) is 0 Å². The third kappa shape index (κ3) is 3.28. The monoisotopic (exact) mass is 285 g/mol. The van der Waals surface area contributed by atoms with Crippen molar-refractivity contribution in [1.82, 2.24) is 5.32 Å². The van der Waals surface area contributed by atoms with E-state index in [-0.39, 0.29) is 6.04 Å². The summed E-state index contributed by atoms with van der Waals surface area (Å²) in [5.74, 6) is 1.91. The van der Waals surface area contributed by atoms with Gasteiger partial charge in [0.1, 0.15) is 19.0 Å². The van der Waals surface area contributed by atoms with Gasteiger partial charge in [0.2, 0.25) is 0 Å². The summed E-state index contributed by atoms with van der Waals surface area (Å²) in [6, 6.07) is 13.5. The zero-order valence-corrected chi connectivity index (χ0v) is 12.0. The van der Waals surface area contributed by atoms with E-state index >= 15 is 0 Å². The van der Waals surface area contributed by atoms with Crippen LogP contribution >= 0.6 is 0 Å². The van der Waals surface area contributed by atoms with Crippen molar-refractivity contribution in [3.05, 3.63) is 53.6 Å². The highest BCUT2D eigenvalue weighted by Gasteiger charge is 2.14. The van der Waals surface area contributed by atoms with Crippen LogP contribution in [0.15, 0.2) is 42.5 Å². The van der Waals surface area contributed by atoms with E-state index in [1.165, 1.54) is 0 Å². The van der Waals surface area contributed by atoms with Crippen molar-refractivity contribution < 1.29 is 14.6 Å². The molecular weight excluding hydrogens is 266 g/mol. The molecule has 21 heavy (non-hydrogen) atoms. The summed E-state index contributed by atoms with van der Waals surface area (Å²) in [6.45, 7) is 4.01. The largest absolute Gasteiger partial charge is 0.508 e. The molecule has 0 fully saturated rings. The van der Waals surface area contributed by atoms with Gasteiger partial charge in [-0.15, -0.1) is 0 Å². The zero-order chi connectivity index (χ0) is 14.7. The normalized spacial score (nSPS) is 14.7. The summed E-state index contributed by atoms with van der Waals surface area (Å²) in [5, 5.41) is 12.9. The second-order valence-corrected chi connectivity index (χ2v) is 5.18. The molecule has 1 aliphatic rings. The minimum atomic E-state index is 0.183. The third-order valence-electron chi connectivity index (χ3n) is 3.59. The van der Waals surface area contributed by atoms with Gasteiger partial charge in [-0.1, -0.05) is 18.2 Å².